The van der Waals surface area contributed by atoms with Crippen LogP contribution in [0.4, 0.5) is 11.4 Å². The van der Waals surface area contributed by atoms with Gasteiger partial charge >= 0.3 is 5.97 Å². The van der Waals surface area contributed by atoms with Gasteiger partial charge in [-0.05, 0) is 99.1 Å². The van der Waals surface area contributed by atoms with Gasteiger partial charge in [0, 0.05) is 103 Å². The van der Waals surface area contributed by atoms with E-state index < -0.39 is 48.8 Å². The summed E-state index contributed by atoms with van der Waals surface area (Å²) < 4.78 is 73.1. The zero-order chi connectivity index (χ0) is 49.4. The second kappa shape index (κ2) is 22.7. The van der Waals surface area contributed by atoms with E-state index in [0.717, 1.165) is 92.7 Å². The number of carbonyl (C=O) groups excluding carboxylic acids is 3. The predicted octanol–water partition coefficient (Wildman–Crippen LogP) is 7.51. The van der Waals surface area contributed by atoms with E-state index in [4.69, 9.17) is 15.4 Å². The van der Waals surface area contributed by atoms with E-state index in [1.165, 1.54) is 7.05 Å². The fraction of sp³-hybridized carbons (Fsp3) is 0.467. The molecule has 3 N–H and O–H groups in total. The van der Waals surface area contributed by atoms with Crippen LogP contribution in [0.15, 0.2) is 93.4 Å². The van der Waals surface area contributed by atoms with Crippen molar-refractivity contribution in [2.75, 3.05) is 43.1 Å². The average Bonchev–Trinajstić information content (AvgIpc) is 3.80. The van der Waals surface area contributed by atoms with Gasteiger partial charge in [0.2, 0.25) is 15.7 Å². The number of carbonyl (C=O) groups is 3. The molecule has 3 aliphatic heterocycles. The summed E-state index contributed by atoms with van der Waals surface area (Å²) in [4.78, 5) is 43.9. The normalized spacial score (nSPS) is 19.3. The van der Waals surface area contributed by atoms with Crippen molar-refractivity contribution in [3.8, 4) is 0 Å². The van der Waals surface area contributed by atoms with Crippen molar-refractivity contribution in [3.05, 3.63) is 94.7 Å². The maximum absolute atomic E-state index is 13.9. The highest BCUT2D eigenvalue weighted by molar-refractivity contribution is 7.94. The zero-order valence-electron chi connectivity index (χ0n) is 38.4. The first-order valence-corrected chi connectivity index (χ1v) is 26.6. The molecule has 0 unspecified atom stereocenters. The molecule has 0 radical (unpaired) electrons. The van der Waals surface area contributed by atoms with E-state index in [0.29, 0.717) is 35.2 Å². The molecular formula is C45H57N4O15S4+. The van der Waals surface area contributed by atoms with Crippen molar-refractivity contribution < 1.29 is 74.4 Å². The van der Waals surface area contributed by atoms with E-state index in [2.05, 4.69) is 72.4 Å². The zero-order valence-corrected chi connectivity index (χ0v) is 41.7. The second-order valence-electron chi connectivity index (χ2n) is 17.7. The smallest absolute Gasteiger partial charge is 0.333 e. The van der Waals surface area contributed by atoms with Gasteiger partial charge in [-0.2, -0.15) is 13.0 Å². The molecule has 2 aromatic carbocycles. The molecule has 2 aromatic rings. The first-order valence-electron chi connectivity index (χ1n) is 21.9. The number of hydrogen-bond donors (Lipinski definition) is 3. The third kappa shape index (κ3) is 12.6. The third-order valence-corrected chi connectivity index (χ3v) is 16.2. The van der Waals surface area contributed by atoms with Gasteiger partial charge in [-0.1, -0.05) is 42.2 Å². The first-order chi connectivity index (χ1) is 32.2. The Morgan fingerprint density at radius 3 is 2.32 bits per heavy atom. The van der Waals surface area contributed by atoms with Crippen LogP contribution in [0.2, 0.25) is 0 Å². The molecule has 0 atom stereocenters. The van der Waals surface area contributed by atoms with Crippen LogP contribution in [0.3, 0.4) is 0 Å². The molecule has 68 heavy (non-hydrogen) atoms. The molecule has 0 aromatic heterocycles. The Balaban J connectivity index is 1.24. The number of fused-ring (bicyclic) bond motifs is 2. The molecule has 0 bridgehead atoms. The number of benzene rings is 2. The van der Waals surface area contributed by atoms with Crippen molar-refractivity contribution in [2.45, 2.75) is 106 Å². The lowest BCUT2D eigenvalue weighted by atomic mass is 9.81. The van der Waals surface area contributed by atoms with Crippen LogP contribution in [-0.2, 0) is 68.9 Å². The van der Waals surface area contributed by atoms with Crippen LogP contribution in [0.1, 0.15) is 96.6 Å². The Morgan fingerprint density at radius 2 is 1.62 bits per heavy atom. The third-order valence-electron chi connectivity index (χ3n) is 12.3. The largest absolute Gasteiger partial charge is 0.344 e. The van der Waals surface area contributed by atoms with Gasteiger partial charge in [-0.15, -0.1) is 13.7 Å². The van der Waals surface area contributed by atoms with E-state index in [1.807, 2.05) is 26.0 Å². The Kier molecular flexibility index (Phi) is 17.7. The summed E-state index contributed by atoms with van der Waals surface area (Å²) in [6, 6.07) is 10.7. The first kappa shape index (κ1) is 53.1. The fourth-order valence-corrected chi connectivity index (χ4v) is 11.4. The van der Waals surface area contributed by atoms with Crippen molar-refractivity contribution >= 4 is 79.1 Å². The van der Waals surface area contributed by atoms with Gasteiger partial charge in [0.1, 0.15) is 6.54 Å². The minimum Gasteiger partial charge on any atom is -0.344 e. The maximum atomic E-state index is 13.9. The summed E-state index contributed by atoms with van der Waals surface area (Å²) in [5, 5.41) is 25.4. The molecule has 370 valence electrons. The van der Waals surface area contributed by atoms with E-state index >= 15 is 0 Å². The van der Waals surface area contributed by atoms with Gasteiger partial charge in [-0.25, -0.2) is 28.0 Å². The Bertz CT molecular complexity index is 2630. The Morgan fingerprint density at radius 1 is 0.882 bits per heavy atom. The summed E-state index contributed by atoms with van der Waals surface area (Å²) in [5.41, 5.74) is 6.34. The minimum absolute atomic E-state index is 0.0229. The van der Waals surface area contributed by atoms with E-state index in [-0.39, 0.29) is 49.3 Å². The monoisotopic (exact) mass is 1020 g/mol. The van der Waals surface area contributed by atoms with Crippen LogP contribution < -0.4 is 4.90 Å². The lowest BCUT2D eigenvalue weighted by Gasteiger charge is -2.27. The standard InChI is InChI=1S/C45H56N4O15S4/c1-44(2)35-29-33(66-64-62-54)15-17-37(35)48(25-9-27-67(55,56)57)39(44)19-13-31-10-6-11-32(28-31)14-20-40-45(3,4)36-30-34(16-18-38(36)47(40)24-8-26-65-63-61-53)68(58,59)46(5)23-7-12-43(52)60-49-41(50)21-22-42(49)51/h13-20,28-30H,6-12,21-27H2,1-5H3,(H2-,53,54,55,56,57)/p+1. The summed E-state index contributed by atoms with van der Waals surface area (Å²) >= 11 is 1.80. The highest BCUT2D eigenvalue weighted by Crippen LogP contribution is 2.49. The topological polar surface area (TPSA) is 239 Å². The van der Waals surface area contributed by atoms with Gasteiger partial charge in [0.25, 0.3) is 21.9 Å². The number of anilines is 1. The lowest BCUT2D eigenvalue weighted by Crippen LogP contribution is -2.32. The number of sulfonamides is 1. The van der Waals surface area contributed by atoms with Crippen LogP contribution in [-0.4, -0.2) is 108 Å². The molecule has 23 heteroatoms. The molecule has 3 heterocycles. The summed E-state index contributed by atoms with van der Waals surface area (Å²) in [7, 11) is -6.76. The number of rotatable bonds is 23. The highest BCUT2D eigenvalue weighted by atomic mass is 32.2. The number of amides is 2. The highest BCUT2D eigenvalue weighted by Gasteiger charge is 2.45. The van der Waals surface area contributed by atoms with Gasteiger partial charge in [-0.3, -0.25) is 14.1 Å². The van der Waals surface area contributed by atoms with E-state index in [9.17, 15) is 35.8 Å². The minimum atomic E-state index is -4.17. The molecule has 1 saturated heterocycles. The molecule has 1 aliphatic carbocycles. The molecule has 6 rings (SSSR count). The quantitative estimate of drug-likeness (QED) is 0.0186. The molecule has 0 saturated carbocycles. The Labute approximate surface area is 405 Å². The summed E-state index contributed by atoms with van der Waals surface area (Å²) in [6.45, 7) is 9.07. The van der Waals surface area contributed by atoms with Crippen molar-refractivity contribution in [3.63, 3.8) is 0 Å². The maximum Gasteiger partial charge on any atom is 0.333 e. The van der Waals surface area contributed by atoms with Crippen LogP contribution >= 0.6 is 24.1 Å². The van der Waals surface area contributed by atoms with Gasteiger partial charge in [0.05, 0.1) is 28.1 Å². The molecule has 1 fully saturated rings. The summed E-state index contributed by atoms with van der Waals surface area (Å²) in [6.07, 6.45) is 13.6. The number of imide groups is 1. The van der Waals surface area contributed by atoms with Crippen molar-refractivity contribution in [2.24, 2.45) is 0 Å². The van der Waals surface area contributed by atoms with Gasteiger partial charge in [0.15, 0.2) is 5.71 Å². The number of hydroxylamine groups is 2. The SMILES string of the molecule is CN(CCCC(=O)ON1C(=O)CCC1=O)S(=O)(=O)c1ccc2c(c1)C(C)(C)/C(=C\C=C1C=C(/C=C/C3=[N+](CCCS(=O)(=O)O)c4ccc(SOOO)cc4C3(C)C)CCC\1)N2CCCSOOO. The lowest BCUT2D eigenvalue weighted by molar-refractivity contribution is -0.437. The molecule has 2 amide bonds. The van der Waals surface area contributed by atoms with Crippen molar-refractivity contribution in [1.29, 1.82) is 0 Å². The summed E-state index contributed by atoms with van der Waals surface area (Å²) in [5.74, 6) is -1.90. The number of allylic oxidation sites excluding steroid dienone is 8. The van der Waals surface area contributed by atoms with Crippen molar-refractivity contribution in [1.82, 2.24) is 9.37 Å². The van der Waals surface area contributed by atoms with Crippen LogP contribution in [0, 0.1) is 0 Å². The fourth-order valence-electron chi connectivity index (χ4n) is 8.87. The number of nitrogens with zero attached hydrogens (tertiary/aromatic N) is 4. The molecule has 4 aliphatic rings. The van der Waals surface area contributed by atoms with Crippen LogP contribution in [0.5, 0.6) is 0 Å². The molecule has 19 nitrogen and oxygen atoms in total. The second-order valence-corrected chi connectivity index (χ2v) is 22.8. The molecule has 0 spiro atoms. The van der Waals surface area contributed by atoms with Gasteiger partial charge < -0.3 is 9.74 Å². The van der Waals surface area contributed by atoms with Crippen LogP contribution in [0.25, 0.3) is 0 Å². The Hall–Kier alpha value is -4.24. The predicted molar refractivity (Wildman–Crippen MR) is 253 cm³/mol. The number of hydrogen-bond acceptors (Lipinski definition) is 17. The van der Waals surface area contributed by atoms with E-state index in [1.54, 1.807) is 24.3 Å². The molecular weight excluding hydrogens is 965 g/mol. The average molecular weight is 1020 g/mol.